The Morgan fingerprint density at radius 3 is 2.39 bits per heavy atom. The largest absolute Gasteiger partial charge is 0.506 e. The van der Waals surface area contributed by atoms with Crippen LogP contribution in [0.15, 0.2) is 6.07 Å². The molecule has 1 aromatic carbocycles. The highest BCUT2D eigenvalue weighted by molar-refractivity contribution is 6.17. The van der Waals surface area contributed by atoms with Crippen LogP contribution in [-0.4, -0.2) is 47.7 Å². The van der Waals surface area contributed by atoms with Gasteiger partial charge in [0.15, 0.2) is 11.6 Å². The number of fused-ring (bicyclic) bond motifs is 3. The van der Waals surface area contributed by atoms with E-state index >= 15 is 0 Å². The molecule has 6 unspecified atom stereocenters. The number of phenols is 1. The monoisotopic (exact) mass is 496 g/mol. The van der Waals surface area contributed by atoms with Gasteiger partial charge in [-0.25, -0.2) is 0 Å². The zero-order valence-corrected chi connectivity index (χ0v) is 21.5. The lowest BCUT2D eigenvalue weighted by Crippen LogP contribution is -2.56. The highest BCUT2D eigenvalue weighted by Crippen LogP contribution is 2.53. The number of anilines is 1. The average molecular weight is 497 g/mol. The predicted octanol–water partition coefficient (Wildman–Crippen LogP) is 3.11. The number of nitrogens with two attached hydrogens (primary N) is 1. The number of phenolic OH excluding ortho intramolecular Hbond substituents is 1. The minimum atomic E-state index is -1.01. The first-order valence-electron chi connectivity index (χ1n) is 13.1. The van der Waals surface area contributed by atoms with Crippen LogP contribution in [0.2, 0.25) is 0 Å². The maximum atomic E-state index is 14.0. The molecule has 1 aromatic rings. The Kier molecular flexibility index (Phi) is 7.08. The number of carbonyl (C=O) groups is 5. The summed E-state index contributed by atoms with van der Waals surface area (Å²) in [6.45, 7) is 6.21. The molecule has 2 fully saturated rings. The SMILES string of the molecule is CCCC1C(C(N)=O)C(=O)CC2CC3Cc4c(N(C)CC)cc(C(=O)CC)c(O)c4C(=O)C3C(=O)C21. The molecule has 0 aliphatic heterocycles. The molecule has 3 N–H and O–H groups in total. The van der Waals surface area contributed by atoms with Gasteiger partial charge in [-0.05, 0) is 55.6 Å². The first-order valence-corrected chi connectivity index (χ1v) is 13.1. The quantitative estimate of drug-likeness (QED) is 0.437. The van der Waals surface area contributed by atoms with E-state index in [2.05, 4.69) is 0 Å². The Bertz CT molecular complexity index is 1140. The molecule has 0 aromatic heterocycles. The first-order chi connectivity index (χ1) is 17.1. The van der Waals surface area contributed by atoms with Crippen molar-refractivity contribution in [2.45, 2.75) is 59.3 Å². The summed E-state index contributed by atoms with van der Waals surface area (Å²) in [5.74, 6) is -5.83. The van der Waals surface area contributed by atoms with Crippen LogP contribution in [0.5, 0.6) is 5.75 Å². The maximum absolute atomic E-state index is 14.0. The highest BCUT2D eigenvalue weighted by atomic mass is 16.3. The Morgan fingerprint density at radius 1 is 1.11 bits per heavy atom. The van der Waals surface area contributed by atoms with E-state index in [4.69, 9.17) is 5.73 Å². The lowest BCUT2D eigenvalue weighted by Gasteiger charge is -2.49. The predicted molar refractivity (Wildman–Crippen MR) is 134 cm³/mol. The van der Waals surface area contributed by atoms with Crippen molar-refractivity contribution in [2.75, 3.05) is 18.5 Å². The van der Waals surface area contributed by atoms with Gasteiger partial charge in [-0.3, -0.25) is 24.0 Å². The van der Waals surface area contributed by atoms with Crippen molar-refractivity contribution in [1.29, 1.82) is 0 Å². The Morgan fingerprint density at radius 2 is 1.81 bits per heavy atom. The number of carbonyl (C=O) groups excluding carboxylic acids is 5. The maximum Gasteiger partial charge on any atom is 0.228 e. The van der Waals surface area contributed by atoms with E-state index in [0.29, 0.717) is 43.5 Å². The molecule has 8 nitrogen and oxygen atoms in total. The Balaban J connectivity index is 1.84. The average Bonchev–Trinajstić information content (AvgIpc) is 2.82. The third kappa shape index (κ3) is 3.95. The molecular weight excluding hydrogens is 460 g/mol. The molecular formula is C28H36N2O6. The Labute approximate surface area is 211 Å². The lowest BCUT2D eigenvalue weighted by molar-refractivity contribution is -0.149. The molecule has 3 aliphatic rings. The molecule has 0 radical (unpaired) electrons. The van der Waals surface area contributed by atoms with E-state index in [0.717, 1.165) is 0 Å². The molecule has 0 saturated heterocycles. The fourth-order valence-electron chi connectivity index (χ4n) is 7.04. The van der Waals surface area contributed by atoms with E-state index in [9.17, 15) is 29.1 Å². The van der Waals surface area contributed by atoms with Gasteiger partial charge in [-0.2, -0.15) is 0 Å². The number of nitrogens with zero attached hydrogens (tertiary/aromatic N) is 1. The summed E-state index contributed by atoms with van der Waals surface area (Å²) in [6, 6.07) is 1.66. The van der Waals surface area contributed by atoms with Crippen LogP contribution >= 0.6 is 0 Å². The molecule has 0 bridgehead atoms. The minimum Gasteiger partial charge on any atom is -0.506 e. The summed E-state index contributed by atoms with van der Waals surface area (Å²) >= 11 is 0. The van der Waals surface area contributed by atoms with Crippen LogP contribution in [-0.2, 0) is 20.8 Å². The van der Waals surface area contributed by atoms with Crippen LogP contribution in [0.4, 0.5) is 5.69 Å². The molecule has 3 aliphatic carbocycles. The summed E-state index contributed by atoms with van der Waals surface area (Å²) < 4.78 is 0. The van der Waals surface area contributed by atoms with Crippen molar-refractivity contribution in [3.63, 3.8) is 0 Å². The smallest absolute Gasteiger partial charge is 0.228 e. The van der Waals surface area contributed by atoms with E-state index in [1.807, 2.05) is 25.8 Å². The van der Waals surface area contributed by atoms with Crippen molar-refractivity contribution in [3.05, 3.63) is 22.8 Å². The molecule has 0 heterocycles. The lowest BCUT2D eigenvalue weighted by atomic mass is 9.52. The number of benzene rings is 1. The highest BCUT2D eigenvalue weighted by Gasteiger charge is 2.57. The normalized spacial score (nSPS) is 29.3. The van der Waals surface area contributed by atoms with Gasteiger partial charge in [-0.15, -0.1) is 0 Å². The van der Waals surface area contributed by atoms with Gasteiger partial charge in [0.1, 0.15) is 17.3 Å². The van der Waals surface area contributed by atoms with Gasteiger partial charge in [0.05, 0.1) is 23.0 Å². The van der Waals surface area contributed by atoms with E-state index in [1.165, 1.54) is 0 Å². The molecule has 6 atom stereocenters. The fourth-order valence-corrected chi connectivity index (χ4v) is 7.04. The van der Waals surface area contributed by atoms with Crippen LogP contribution < -0.4 is 10.6 Å². The van der Waals surface area contributed by atoms with Crippen LogP contribution in [0.1, 0.15) is 79.2 Å². The van der Waals surface area contributed by atoms with E-state index < -0.39 is 35.4 Å². The molecule has 36 heavy (non-hydrogen) atoms. The number of amides is 1. The summed E-state index contributed by atoms with van der Waals surface area (Å²) in [7, 11) is 1.87. The summed E-state index contributed by atoms with van der Waals surface area (Å²) in [6.07, 6.45) is 2.40. The second kappa shape index (κ2) is 9.79. The zero-order valence-electron chi connectivity index (χ0n) is 21.5. The molecule has 194 valence electrons. The second-order valence-electron chi connectivity index (χ2n) is 10.7. The number of rotatable bonds is 7. The van der Waals surface area contributed by atoms with Gasteiger partial charge < -0.3 is 15.7 Å². The molecule has 4 rings (SSSR count). The minimum absolute atomic E-state index is 0.0722. The second-order valence-corrected chi connectivity index (χ2v) is 10.7. The number of primary amides is 1. The zero-order chi connectivity index (χ0) is 26.5. The van der Waals surface area contributed by atoms with E-state index in [-0.39, 0.29) is 58.9 Å². The van der Waals surface area contributed by atoms with Gasteiger partial charge in [0, 0.05) is 38.0 Å². The third-order valence-corrected chi connectivity index (χ3v) is 8.73. The van der Waals surface area contributed by atoms with Gasteiger partial charge in [0.2, 0.25) is 5.91 Å². The standard InChI is InChI=1S/C28H36N2O6/c1-5-8-15-21-14(11-20(32)23(15)28(29)36)9-13-10-16-18(30(4)7-3)12-17(19(31)6-2)25(33)24(16)27(35)22(13)26(21)34/h12-15,21-23,33H,5-11H2,1-4H3,(H2,29,36). The topological polar surface area (TPSA) is 135 Å². The molecule has 0 spiro atoms. The fraction of sp³-hybridized carbons (Fsp3) is 0.607. The number of hydrogen-bond donors (Lipinski definition) is 2. The van der Waals surface area contributed by atoms with Gasteiger partial charge in [0.25, 0.3) is 0 Å². The van der Waals surface area contributed by atoms with Crippen molar-refractivity contribution >= 4 is 34.7 Å². The van der Waals surface area contributed by atoms with Crippen LogP contribution in [0, 0.1) is 35.5 Å². The van der Waals surface area contributed by atoms with Gasteiger partial charge >= 0.3 is 0 Å². The Hall–Kier alpha value is -3.03. The van der Waals surface area contributed by atoms with Crippen molar-refractivity contribution in [1.82, 2.24) is 0 Å². The van der Waals surface area contributed by atoms with Crippen molar-refractivity contribution in [3.8, 4) is 5.75 Å². The summed E-state index contributed by atoms with van der Waals surface area (Å²) in [4.78, 5) is 67.6. The summed E-state index contributed by atoms with van der Waals surface area (Å²) in [5.41, 5.74) is 7.13. The third-order valence-electron chi connectivity index (χ3n) is 8.73. The number of Topliss-reactive ketones (excluding diaryl/α,β-unsaturated/α-hetero) is 4. The van der Waals surface area contributed by atoms with Crippen LogP contribution in [0.25, 0.3) is 0 Å². The number of aromatic hydroxyl groups is 1. The molecule has 2 saturated carbocycles. The van der Waals surface area contributed by atoms with Crippen molar-refractivity contribution < 1.29 is 29.1 Å². The number of hydrogen-bond acceptors (Lipinski definition) is 7. The number of ketones is 4. The first kappa shape index (κ1) is 26.0. The van der Waals surface area contributed by atoms with Crippen molar-refractivity contribution in [2.24, 2.45) is 41.2 Å². The summed E-state index contributed by atoms with van der Waals surface area (Å²) in [5, 5.41) is 11.1. The van der Waals surface area contributed by atoms with E-state index in [1.54, 1.807) is 13.0 Å². The van der Waals surface area contributed by atoms with Gasteiger partial charge in [-0.1, -0.05) is 20.3 Å². The van der Waals surface area contributed by atoms with Crippen LogP contribution in [0.3, 0.4) is 0 Å². The molecule has 8 heteroatoms. The molecule has 1 amide bonds.